The SMILES string of the molecule is CCn1c(-c2ccc(C(F)(F)F)cc2O)nnc(C(O)C2CCCN(C)C2)c1=O. The van der Waals surface area contributed by atoms with Crippen molar-refractivity contribution in [1.82, 2.24) is 19.7 Å². The third kappa shape index (κ3) is 4.27. The monoisotopic (exact) mass is 412 g/mol. The number of rotatable bonds is 4. The van der Waals surface area contributed by atoms with Gasteiger partial charge in [0.1, 0.15) is 11.9 Å². The van der Waals surface area contributed by atoms with Crippen LogP contribution in [0.25, 0.3) is 11.4 Å². The number of aliphatic hydroxyl groups is 1. The number of phenols is 1. The second kappa shape index (κ2) is 8.11. The highest BCUT2D eigenvalue weighted by atomic mass is 19.4. The number of alkyl halides is 3. The topological polar surface area (TPSA) is 91.5 Å². The number of nitrogens with zero attached hydrogens (tertiary/aromatic N) is 4. The maximum atomic E-state index is 12.9. The van der Waals surface area contributed by atoms with E-state index < -0.39 is 29.2 Å². The number of aromatic hydroxyl groups is 1. The summed E-state index contributed by atoms with van der Waals surface area (Å²) < 4.78 is 39.7. The smallest absolute Gasteiger partial charge is 0.416 e. The molecule has 0 amide bonds. The van der Waals surface area contributed by atoms with Crippen LogP contribution in [0.4, 0.5) is 13.2 Å². The first-order valence-electron chi connectivity index (χ1n) is 9.38. The Morgan fingerprint density at radius 2 is 2.03 bits per heavy atom. The van der Waals surface area contributed by atoms with E-state index in [9.17, 15) is 28.2 Å². The Kier molecular flexibility index (Phi) is 5.95. The number of halogens is 3. The average Bonchev–Trinajstić information content (AvgIpc) is 2.66. The van der Waals surface area contributed by atoms with Gasteiger partial charge in [0.2, 0.25) is 0 Å². The van der Waals surface area contributed by atoms with Gasteiger partial charge >= 0.3 is 6.18 Å². The molecule has 0 aliphatic carbocycles. The lowest BCUT2D eigenvalue weighted by Crippen LogP contribution is -2.38. The number of aromatic nitrogens is 3. The molecule has 1 fully saturated rings. The van der Waals surface area contributed by atoms with Crippen molar-refractivity contribution in [2.24, 2.45) is 5.92 Å². The molecule has 1 saturated heterocycles. The Bertz CT molecular complexity index is 945. The normalized spacial score (nSPS) is 19.3. The maximum absolute atomic E-state index is 12.9. The number of hydrogen-bond donors (Lipinski definition) is 2. The molecule has 158 valence electrons. The summed E-state index contributed by atoms with van der Waals surface area (Å²) in [5.74, 6) is -0.871. The Balaban J connectivity index is 2.01. The van der Waals surface area contributed by atoms with Crippen molar-refractivity contribution in [3.8, 4) is 17.1 Å². The summed E-state index contributed by atoms with van der Waals surface area (Å²) >= 11 is 0. The van der Waals surface area contributed by atoms with Gasteiger partial charge in [0.15, 0.2) is 11.5 Å². The van der Waals surface area contributed by atoms with Gasteiger partial charge in [-0.05, 0) is 51.6 Å². The predicted octanol–water partition coefficient (Wildman–Crippen LogP) is 2.42. The van der Waals surface area contributed by atoms with Crippen LogP contribution in [-0.2, 0) is 12.7 Å². The van der Waals surface area contributed by atoms with Crippen molar-refractivity contribution >= 4 is 0 Å². The van der Waals surface area contributed by atoms with Crippen LogP contribution in [0.5, 0.6) is 5.75 Å². The van der Waals surface area contributed by atoms with E-state index in [0.717, 1.165) is 31.5 Å². The molecule has 3 rings (SSSR count). The summed E-state index contributed by atoms with van der Waals surface area (Å²) in [7, 11) is 1.94. The molecule has 0 saturated carbocycles. The molecule has 0 bridgehead atoms. The van der Waals surface area contributed by atoms with Crippen molar-refractivity contribution in [1.29, 1.82) is 0 Å². The van der Waals surface area contributed by atoms with E-state index in [1.54, 1.807) is 6.92 Å². The van der Waals surface area contributed by atoms with Gasteiger partial charge in [-0.2, -0.15) is 13.2 Å². The minimum Gasteiger partial charge on any atom is -0.507 e. The molecular formula is C19H23F3N4O3. The molecule has 2 unspecified atom stereocenters. The molecule has 0 spiro atoms. The van der Waals surface area contributed by atoms with Gasteiger partial charge in [-0.25, -0.2) is 0 Å². The zero-order valence-corrected chi connectivity index (χ0v) is 16.1. The van der Waals surface area contributed by atoms with Crippen molar-refractivity contribution in [3.05, 3.63) is 39.8 Å². The molecule has 29 heavy (non-hydrogen) atoms. The van der Waals surface area contributed by atoms with E-state index in [4.69, 9.17) is 0 Å². The van der Waals surface area contributed by atoms with Crippen LogP contribution in [0.2, 0.25) is 0 Å². The summed E-state index contributed by atoms with van der Waals surface area (Å²) in [6, 6.07) is 2.45. The van der Waals surface area contributed by atoms with Crippen molar-refractivity contribution in [2.45, 2.75) is 38.6 Å². The van der Waals surface area contributed by atoms with Gasteiger partial charge in [0, 0.05) is 19.0 Å². The summed E-state index contributed by atoms with van der Waals surface area (Å²) in [4.78, 5) is 15.0. The van der Waals surface area contributed by atoms with Crippen molar-refractivity contribution in [2.75, 3.05) is 20.1 Å². The molecular weight excluding hydrogens is 389 g/mol. The van der Waals surface area contributed by atoms with E-state index in [-0.39, 0.29) is 29.5 Å². The second-order valence-electron chi connectivity index (χ2n) is 7.30. The average molecular weight is 412 g/mol. The van der Waals surface area contributed by atoms with E-state index in [2.05, 4.69) is 15.1 Å². The lowest BCUT2D eigenvalue weighted by molar-refractivity contribution is -0.137. The van der Waals surface area contributed by atoms with Crippen molar-refractivity contribution < 1.29 is 23.4 Å². The lowest BCUT2D eigenvalue weighted by Gasteiger charge is -2.32. The van der Waals surface area contributed by atoms with Gasteiger partial charge in [-0.3, -0.25) is 9.36 Å². The number of hydrogen-bond acceptors (Lipinski definition) is 6. The van der Waals surface area contributed by atoms with Crippen LogP contribution in [0.3, 0.4) is 0 Å². The zero-order valence-electron chi connectivity index (χ0n) is 16.1. The Labute approximate surface area is 165 Å². The number of benzene rings is 1. The first-order chi connectivity index (χ1) is 13.6. The van der Waals surface area contributed by atoms with E-state index in [0.29, 0.717) is 12.6 Å². The van der Waals surface area contributed by atoms with E-state index in [1.807, 2.05) is 7.05 Å². The maximum Gasteiger partial charge on any atom is 0.416 e. The highest BCUT2D eigenvalue weighted by Crippen LogP contribution is 2.36. The van der Waals surface area contributed by atoms with Gasteiger partial charge in [-0.15, -0.1) is 10.2 Å². The fourth-order valence-corrected chi connectivity index (χ4v) is 3.70. The molecule has 2 N–H and O–H groups in total. The van der Waals surface area contributed by atoms with Crippen LogP contribution in [0.1, 0.15) is 37.1 Å². The molecule has 1 aliphatic rings. The Morgan fingerprint density at radius 3 is 2.62 bits per heavy atom. The number of aliphatic hydroxyl groups excluding tert-OH is 1. The minimum atomic E-state index is -4.60. The van der Waals surface area contributed by atoms with Crippen LogP contribution in [0.15, 0.2) is 23.0 Å². The van der Waals surface area contributed by atoms with Gasteiger partial charge in [0.25, 0.3) is 5.56 Å². The zero-order chi connectivity index (χ0) is 21.3. The molecule has 7 nitrogen and oxygen atoms in total. The van der Waals surface area contributed by atoms with Crippen LogP contribution >= 0.6 is 0 Å². The number of phenolic OH excluding ortho intramolecular Hbond substituents is 1. The Hall–Kier alpha value is -2.46. The quantitative estimate of drug-likeness (QED) is 0.802. The summed E-state index contributed by atoms with van der Waals surface area (Å²) in [6.45, 7) is 3.35. The van der Waals surface area contributed by atoms with Gasteiger partial charge in [0.05, 0.1) is 11.1 Å². The second-order valence-corrected chi connectivity index (χ2v) is 7.30. The molecule has 1 aliphatic heterocycles. The lowest BCUT2D eigenvalue weighted by atomic mass is 9.91. The van der Waals surface area contributed by atoms with Crippen LogP contribution < -0.4 is 5.56 Å². The highest BCUT2D eigenvalue weighted by Gasteiger charge is 2.32. The largest absolute Gasteiger partial charge is 0.507 e. The molecule has 0 radical (unpaired) electrons. The first kappa shape index (κ1) is 21.3. The fourth-order valence-electron chi connectivity index (χ4n) is 3.70. The standard InChI is InChI=1S/C19H23F3N4O3/c1-3-26-17(13-7-6-12(9-14(13)27)19(20,21)22)24-23-15(18(26)29)16(28)11-5-4-8-25(2)10-11/h6-7,9,11,16,27-28H,3-5,8,10H2,1-2H3. The first-order valence-corrected chi connectivity index (χ1v) is 9.38. The van der Waals surface area contributed by atoms with Crippen LogP contribution in [0, 0.1) is 5.92 Å². The third-order valence-electron chi connectivity index (χ3n) is 5.24. The van der Waals surface area contributed by atoms with E-state index in [1.165, 1.54) is 4.57 Å². The van der Waals surface area contributed by atoms with Crippen LogP contribution in [-0.4, -0.2) is 50.0 Å². The van der Waals surface area contributed by atoms with Crippen molar-refractivity contribution in [3.63, 3.8) is 0 Å². The molecule has 2 heterocycles. The predicted molar refractivity (Wildman–Crippen MR) is 99.2 cm³/mol. The number of likely N-dealkylation sites (tertiary alicyclic amines) is 1. The fraction of sp³-hybridized carbons (Fsp3) is 0.526. The third-order valence-corrected chi connectivity index (χ3v) is 5.24. The highest BCUT2D eigenvalue weighted by molar-refractivity contribution is 5.64. The van der Waals surface area contributed by atoms with E-state index >= 15 is 0 Å². The summed E-state index contributed by atoms with van der Waals surface area (Å²) in [6.07, 6.45) is -4.05. The molecule has 10 heteroatoms. The molecule has 2 aromatic rings. The van der Waals surface area contributed by atoms with Gasteiger partial charge in [-0.1, -0.05) is 0 Å². The summed E-state index contributed by atoms with van der Waals surface area (Å²) in [5.41, 5.74) is -1.71. The molecule has 1 aromatic carbocycles. The minimum absolute atomic E-state index is 0.0390. The number of piperidine rings is 1. The molecule has 2 atom stereocenters. The molecule has 1 aromatic heterocycles. The Morgan fingerprint density at radius 1 is 1.31 bits per heavy atom. The van der Waals surface area contributed by atoms with Gasteiger partial charge < -0.3 is 15.1 Å². The summed E-state index contributed by atoms with van der Waals surface area (Å²) in [5, 5.41) is 28.6.